The SMILES string of the molecule is CCOC(=O)c1cn(C)c2c(Br)cc(CCBr)cc12. The molecule has 2 aromatic rings. The van der Waals surface area contributed by atoms with Crippen molar-refractivity contribution in [3.63, 3.8) is 0 Å². The van der Waals surface area contributed by atoms with Crippen LogP contribution in [0.2, 0.25) is 0 Å². The van der Waals surface area contributed by atoms with E-state index in [-0.39, 0.29) is 5.97 Å². The van der Waals surface area contributed by atoms with Gasteiger partial charge in [-0.2, -0.15) is 0 Å². The molecule has 0 saturated heterocycles. The number of ether oxygens (including phenoxy) is 1. The van der Waals surface area contributed by atoms with Crippen molar-refractivity contribution in [3.05, 3.63) is 33.9 Å². The topological polar surface area (TPSA) is 31.2 Å². The molecular formula is C14H15Br2NO2. The van der Waals surface area contributed by atoms with Crippen LogP contribution in [0.3, 0.4) is 0 Å². The Balaban J connectivity index is 2.62. The summed E-state index contributed by atoms with van der Waals surface area (Å²) >= 11 is 7.02. The maximum Gasteiger partial charge on any atom is 0.340 e. The van der Waals surface area contributed by atoms with Crippen molar-refractivity contribution in [1.82, 2.24) is 4.57 Å². The lowest BCUT2D eigenvalue weighted by Gasteiger charge is -2.05. The largest absolute Gasteiger partial charge is 0.462 e. The van der Waals surface area contributed by atoms with Gasteiger partial charge in [-0.25, -0.2) is 4.79 Å². The summed E-state index contributed by atoms with van der Waals surface area (Å²) in [4.78, 5) is 12.0. The summed E-state index contributed by atoms with van der Waals surface area (Å²) in [5.41, 5.74) is 2.82. The molecule has 0 unspecified atom stereocenters. The van der Waals surface area contributed by atoms with E-state index in [0.29, 0.717) is 12.2 Å². The van der Waals surface area contributed by atoms with Gasteiger partial charge in [0.05, 0.1) is 17.7 Å². The van der Waals surface area contributed by atoms with Crippen LogP contribution in [0.1, 0.15) is 22.8 Å². The van der Waals surface area contributed by atoms with Gasteiger partial charge in [0.2, 0.25) is 0 Å². The van der Waals surface area contributed by atoms with Gasteiger partial charge in [-0.15, -0.1) is 0 Å². The van der Waals surface area contributed by atoms with Gasteiger partial charge in [0.1, 0.15) is 0 Å². The van der Waals surface area contributed by atoms with Crippen LogP contribution >= 0.6 is 31.9 Å². The highest BCUT2D eigenvalue weighted by molar-refractivity contribution is 9.10. The minimum atomic E-state index is -0.268. The molecule has 0 bridgehead atoms. The molecule has 5 heteroatoms. The summed E-state index contributed by atoms with van der Waals surface area (Å²) in [6.45, 7) is 2.20. The summed E-state index contributed by atoms with van der Waals surface area (Å²) in [5, 5.41) is 1.83. The van der Waals surface area contributed by atoms with Gasteiger partial charge in [0, 0.05) is 28.4 Å². The van der Waals surface area contributed by atoms with Crippen molar-refractivity contribution in [2.24, 2.45) is 7.05 Å². The van der Waals surface area contributed by atoms with E-state index in [1.54, 1.807) is 0 Å². The van der Waals surface area contributed by atoms with Gasteiger partial charge in [0.25, 0.3) is 0 Å². The third-order valence-corrected chi connectivity index (χ3v) is 3.97. The molecule has 0 aliphatic carbocycles. The highest BCUT2D eigenvalue weighted by Gasteiger charge is 2.17. The van der Waals surface area contributed by atoms with E-state index in [0.717, 1.165) is 27.1 Å². The van der Waals surface area contributed by atoms with E-state index in [1.807, 2.05) is 24.7 Å². The van der Waals surface area contributed by atoms with Crippen LogP contribution in [0.25, 0.3) is 10.9 Å². The Morgan fingerprint density at radius 2 is 2.16 bits per heavy atom. The van der Waals surface area contributed by atoms with E-state index in [4.69, 9.17) is 4.74 Å². The number of carbonyl (C=O) groups excluding carboxylic acids is 1. The molecule has 0 aliphatic rings. The molecule has 19 heavy (non-hydrogen) atoms. The number of benzene rings is 1. The number of fused-ring (bicyclic) bond motifs is 1. The number of halogens is 2. The zero-order valence-corrected chi connectivity index (χ0v) is 14.0. The first-order valence-electron chi connectivity index (χ1n) is 6.09. The fraction of sp³-hybridized carbons (Fsp3) is 0.357. The van der Waals surface area contributed by atoms with Crippen LogP contribution < -0.4 is 0 Å². The molecule has 0 radical (unpaired) electrons. The number of hydrogen-bond donors (Lipinski definition) is 0. The fourth-order valence-electron chi connectivity index (χ4n) is 2.17. The first-order valence-corrected chi connectivity index (χ1v) is 8.00. The Hall–Kier alpha value is -0.810. The predicted octanol–water partition coefficient (Wildman–Crippen LogP) is 4.05. The lowest BCUT2D eigenvalue weighted by atomic mass is 10.1. The smallest absolute Gasteiger partial charge is 0.340 e. The Morgan fingerprint density at radius 3 is 2.79 bits per heavy atom. The number of carbonyl (C=O) groups is 1. The van der Waals surface area contributed by atoms with Gasteiger partial charge >= 0.3 is 5.97 Å². The average Bonchev–Trinajstić information content (AvgIpc) is 2.68. The molecule has 1 heterocycles. The summed E-state index contributed by atoms with van der Waals surface area (Å²) in [7, 11) is 1.93. The van der Waals surface area contributed by atoms with Crippen molar-refractivity contribution in [2.45, 2.75) is 13.3 Å². The number of nitrogens with zero attached hydrogens (tertiary/aromatic N) is 1. The normalized spacial score (nSPS) is 10.9. The van der Waals surface area contributed by atoms with Crippen LogP contribution in [0.15, 0.2) is 22.8 Å². The van der Waals surface area contributed by atoms with E-state index < -0.39 is 0 Å². The second-order valence-electron chi connectivity index (χ2n) is 4.29. The molecule has 0 aliphatic heterocycles. The van der Waals surface area contributed by atoms with Crippen LogP contribution in [0, 0.1) is 0 Å². The van der Waals surface area contributed by atoms with Crippen molar-refractivity contribution < 1.29 is 9.53 Å². The van der Waals surface area contributed by atoms with Gasteiger partial charge in [-0.3, -0.25) is 0 Å². The molecule has 102 valence electrons. The average molecular weight is 389 g/mol. The van der Waals surface area contributed by atoms with Crippen molar-refractivity contribution in [1.29, 1.82) is 0 Å². The maximum absolute atomic E-state index is 12.0. The summed E-state index contributed by atoms with van der Waals surface area (Å²) in [6.07, 6.45) is 2.75. The molecule has 0 spiro atoms. The Labute approximate surface area is 129 Å². The van der Waals surface area contributed by atoms with Gasteiger partial charge in [-0.05, 0) is 47.0 Å². The monoisotopic (exact) mass is 387 g/mol. The molecule has 0 saturated carbocycles. The van der Waals surface area contributed by atoms with Crippen LogP contribution in [0.5, 0.6) is 0 Å². The molecule has 3 nitrogen and oxygen atoms in total. The minimum Gasteiger partial charge on any atom is -0.462 e. The number of esters is 1. The lowest BCUT2D eigenvalue weighted by molar-refractivity contribution is 0.0528. The standard InChI is InChI=1S/C14H15Br2NO2/c1-3-19-14(18)11-8-17(2)13-10(11)6-9(4-5-15)7-12(13)16/h6-8H,3-5H2,1-2H3. The zero-order chi connectivity index (χ0) is 14.0. The van der Waals surface area contributed by atoms with Crippen LogP contribution in [0.4, 0.5) is 0 Å². The zero-order valence-electron chi connectivity index (χ0n) is 10.9. The number of hydrogen-bond acceptors (Lipinski definition) is 2. The van der Waals surface area contributed by atoms with E-state index in [9.17, 15) is 4.79 Å². The fourth-order valence-corrected chi connectivity index (χ4v) is 3.42. The molecule has 1 aromatic heterocycles. The van der Waals surface area contributed by atoms with E-state index in [2.05, 4.69) is 44.0 Å². The first kappa shape index (κ1) is 14.6. The second-order valence-corrected chi connectivity index (χ2v) is 5.93. The van der Waals surface area contributed by atoms with Crippen molar-refractivity contribution in [3.8, 4) is 0 Å². The van der Waals surface area contributed by atoms with Crippen molar-refractivity contribution in [2.75, 3.05) is 11.9 Å². The maximum atomic E-state index is 12.0. The highest BCUT2D eigenvalue weighted by Crippen LogP contribution is 2.30. The molecule has 0 fully saturated rings. The van der Waals surface area contributed by atoms with Gasteiger partial charge in [-0.1, -0.05) is 15.9 Å². The summed E-state index contributed by atoms with van der Waals surface area (Å²) < 4.78 is 8.06. The van der Waals surface area contributed by atoms with Crippen molar-refractivity contribution >= 4 is 48.7 Å². The van der Waals surface area contributed by atoms with Gasteiger partial charge < -0.3 is 9.30 Å². The molecule has 0 atom stereocenters. The van der Waals surface area contributed by atoms with Gasteiger partial charge in [0.15, 0.2) is 0 Å². The van der Waals surface area contributed by atoms with Crippen LogP contribution in [-0.2, 0) is 18.2 Å². The number of rotatable bonds is 4. The molecule has 0 amide bonds. The van der Waals surface area contributed by atoms with Crippen LogP contribution in [-0.4, -0.2) is 22.5 Å². The Kier molecular flexibility index (Phi) is 4.68. The molecule has 2 rings (SSSR count). The quantitative estimate of drug-likeness (QED) is 0.584. The number of aryl methyl sites for hydroxylation is 2. The lowest BCUT2D eigenvalue weighted by Crippen LogP contribution is -2.03. The Morgan fingerprint density at radius 1 is 1.42 bits per heavy atom. The number of aromatic nitrogens is 1. The highest BCUT2D eigenvalue weighted by atomic mass is 79.9. The summed E-state index contributed by atoms with van der Waals surface area (Å²) in [5.74, 6) is -0.268. The molecule has 0 N–H and O–H groups in total. The third kappa shape index (κ3) is 2.87. The molecule has 1 aromatic carbocycles. The van der Waals surface area contributed by atoms with E-state index >= 15 is 0 Å². The third-order valence-electron chi connectivity index (χ3n) is 2.97. The molecular weight excluding hydrogens is 374 g/mol. The predicted molar refractivity (Wildman–Crippen MR) is 84.1 cm³/mol. The number of alkyl halides is 1. The summed E-state index contributed by atoms with van der Waals surface area (Å²) in [6, 6.07) is 4.16. The van der Waals surface area contributed by atoms with E-state index in [1.165, 1.54) is 5.56 Å². The Bertz CT molecular complexity index is 619. The first-order chi connectivity index (χ1) is 9.08. The minimum absolute atomic E-state index is 0.268. The second kappa shape index (κ2) is 6.09.